The van der Waals surface area contributed by atoms with E-state index in [2.05, 4.69) is 55.5 Å². The molecule has 1 aliphatic carbocycles. The van der Waals surface area contributed by atoms with Gasteiger partial charge in [-0.2, -0.15) is 0 Å². The molecule has 8 rings (SSSR count). The summed E-state index contributed by atoms with van der Waals surface area (Å²) in [5, 5.41) is 15.3. The van der Waals surface area contributed by atoms with E-state index in [1.807, 2.05) is 72.8 Å². The van der Waals surface area contributed by atoms with Crippen LogP contribution in [0.4, 0.5) is 0 Å². The highest BCUT2D eigenvalue weighted by molar-refractivity contribution is 6.10. The van der Waals surface area contributed by atoms with Gasteiger partial charge in [0.25, 0.3) is 0 Å². The lowest BCUT2D eigenvalue weighted by molar-refractivity contribution is 0.0688. The predicted octanol–water partition coefficient (Wildman–Crippen LogP) is 10.3. The largest absolute Gasteiger partial charge is 0.497 e. The van der Waals surface area contributed by atoms with Crippen LogP contribution in [-0.4, -0.2) is 33.5 Å². The number of fused-ring (bicyclic) bond motifs is 10. The molecule has 0 aromatic heterocycles. The monoisotopic (exact) mass is 690 g/mol. The second kappa shape index (κ2) is 13.1. The van der Waals surface area contributed by atoms with Crippen LogP contribution in [0.25, 0.3) is 39.1 Å². The first kappa shape index (κ1) is 33.4. The number of rotatable bonds is 9. The van der Waals surface area contributed by atoms with Crippen molar-refractivity contribution in [3.63, 3.8) is 0 Å². The summed E-state index contributed by atoms with van der Waals surface area (Å²) < 4.78 is 30.5. The number of ether oxygens (including phenoxy) is 5. The number of benzene rings is 6. The molecule has 2 aliphatic rings. The van der Waals surface area contributed by atoms with Crippen LogP contribution in [0.15, 0.2) is 115 Å². The van der Waals surface area contributed by atoms with Gasteiger partial charge in [0, 0.05) is 27.6 Å². The zero-order valence-electron chi connectivity index (χ0n) is 30.2. The van der Waals surface area contributed by atoms with Gasteiger partial charge in [-0.05, 0) is 82.1 Å². The van der Waals surface area contributed by atoms with Crippen molar-refractivity contribution in [2.45, 2.75) is 37.4 Å². The molecule has 6 aromatic carbocycles. The molecule has 6 heteroatoms. The van der Waals surface area contributed by atoms with Gasteiger partial charge < -0.3 is 28.8 Å². The topological polar surface area (TPSA) is 66.4 Å². The first-order valence-corrected chi connectivity index (χ1v) is 17.8. The summed E-state index contributed by atoms with van der Waals surface area (Å²) in [6.45, 7) is 2.16. The van der Waals surface area contributed by atoms with E-state index in [1.165, 1.54) is 0 Å². The summed E-state index contributed by atoms with van der Waals surface area (Å²) >= 11 is 0. The third-order valence-electron chi connectivity index (χ3n) is 10.8. The minimum atomic E-state index is -1.35. The second-order valence-electron chi connectivity index (χ2n) is 13.4. The Hall–Kier alpha value is -5.72. The lowest BCUT2D eigenvalue weighted by Crippen LogP contribution is -2.36. The number of aliphatic hydroxyl groups is 1. The van der Waals surface area contributed by atoms with E-state index in [0.29, 0.717) is 23.7 Å². The maximum atomic E-state index is 13.5. The van der Waals surface area contributed by atoms with Gasteiger partial charge in [-0.25, -0.2) is 0 Å². The molecule has 0 saturated carbocycles. The van der Waals surface area contributed by atoms with Crippen molar-refractivity contribution in [2.75, 3.05) is 28.4 Å². The Morgan fingerprint density at radius 1 is 0.635 bits per heavy atom. The van der Waals surface area contributed by atoms with Crippen LogP contribution < -0.4 is 23.7 Å². The molecule has 0 bridgehead atoms. The van der Waals surface area contributed by atoms with Crippen LogP contribution >= 0.6 is 0 Å². The van der Waals surface area contributed by atoms with Crippen molar-refractivity contribution < 1.29 is 28.8 Å². The SMILES string of the molecule is CCCCC1(O)c2ccccc2-c2ccccc2-c2c1c1c(c3cc(OC)c(OC)cc23)OC(c2ccc(OC)cc2)(c2ccc(OC)cc2)C=C1. The molecular weight excluding hydrogens is 649 g/mol. The summed E-state index contributed by atoms with van der Waals surface area (Å²) in [6.07, 6.45) is 6.55. The number of unbranched alkanes of at least 4 members (excludes halogenated alkanes) is 1. The van der Waals surface area contributed by atoms with Gasteiger partial charge in [0.2, 0.25) is 0 Å². The molecule has 6 aromatic rings. The molecule has 0 radical (unpaired) electrons. The third-order valence-corrected chi connectivity index (χ3v) is 10.8. The van der Waals surface area contributed by atoms with Gasteiger partial charge in [-0.15, -0.1) is 0 Å². The Bertz CT molecular complexity index is 2270. The fraction of sp³-hybridized carbons (Fsp3) is 0.217. The van der Waals surface area contributed by atoms with Crippen LogP contribution in [0.5, 0.6) is 28.7 Å². The Morgan fingerprint density at radius 2 is 1.19 bits per heavy atom. The molecule has 262 valence electrons. The minimum absolute atomic E-state index is 0.530. The van der Waals surface area contributed by atoms with Gasteiger partial charge in [-0.3, -0.25) is 0 Å². The van der Waals surface area contributed by atoms with E-state index in [-0.39, 0.29) is 0 Å². The van der Waals surface area contributed by atoms with Crippen molar-refractivity contribution >= 4 is 16.8 Å². The van der Waals surface area contributed by atoms with Gasteiger partial charge in [0.15, 0.2) is 17.1 Å². The quantitative estimate of drug-likeness (QED) is 0.163. The number of hydrogen-bond donors (Lipinski definition) is 1. The van der Waals surface area contributed by atoms with E-state index in [4.69, 9.17) is 23.7 Å². The second-order valence-corrected chi connectivity index (χ2v) is 13.4. The van der Waals surface area contributed by atoms with Crippen molar-refractivity contribution in [1.82, 2.24) is 0 Å². The van der Waals surface area contributed by atoms with Gasteiger partial charge >= 0.3 is 0 Å². The molecule has 1 unspecified atom stereocenters. The van der Waals surface area contributed by atoms with Crippen molar-refractivity contribution in [3.05, 3.63) is 143 Å². The Kier molecular flexibility index (Phi) is 8.43. The normalized spacial score (nSPS) is 16.4. The summed E-state index contributed by atoms with van der Waals surface area (Å²) in [5.41, 5.74) is 6.05. The molecular formula is C46H42O6. The van der Waals surface area contributed by atoms with Crippen molar-refractivity contribution in [1.29, 1.82) is 0 Å². The maximum absolute atomic E-state index is 13.5. The number of methoxy groups -OCH3 is 4. The summed E-state index contributed by atoms with van der Waals surface area (Å²) in [5.74, 6) is 3.33. The van der Waals surface area contributed by atoms with E-state index in [9.17, 15) is 5.11 Å². The molecule has 0 amide bonds. The Balaban J connectivity index is 1.53. The molecule has 6 nitrogen and oxygen atoms in total. The van der Waals surface area contributed by atoms with Gasteiger partial charge in [0.05, 0.1) is 28.4 Å². The van der Waals surface area contributed by atoms with Crippen LogP contribution in [0, 0.1) is 0 Å². The highest BCUT2D eigenvalue weighted by atomic mass is 16.5. The van der Waals surface area contributed by atoms with E-state index >= 15 is 0 Å². The van der Waals surface area contributed by atoms with E-state index in [0.717, 1.165) is 85.2 Å². The third kappa shape index (κ3) is 5.04. The lowest BCUT2D eigenvalue weighted by atomic mass is 9.74. The summed E-state index contributed by atoms with van der Waals surface area (Å²) in [4.78, 5) is 0. The lowest BCUT2D eigenvalue weighted by Gasteiger charge is -2.40. The van der Waals surface area contributed by atoms with Crippen molar-refractivity contribution in [2.24, 2.45) is 0 Å². The maximum Gasteiger partial charge on any atom is 0.178 e. The van der Waals surface area contributed by atoms with Crippen molar-refractivity contribution in [3.8, 4) is 51.0 Å². The highest BCUT2D eigenvalue weighted by Crippen LogP contribution is 2.58. The highest BCUT2D eigenvalue weighted by Gasteiger charge is 2.45. The van der Waals surface area contributed by atoms with Crippen LogP contribution in [0.3, 0.4) is 0 Å². The predicted molar refractivity (Wildman–Crippen MR) is 207 cm³/mol. The Labute approximate surface area is 304 Å². The van der Waals surface area contributed by atoms with Crippen LogP contribution in [0.1, 0.15) is 54.0 Å². The zero-order chi connectivity index (χ0) is 36.0. The smallest absolute Gasteiger partial charge is 0.178 e. The number of hydrogen-bond acceptors (Lipinski definition) is 6. The molecule has 0 spiro atoms. The standard InChI is InChI=1S/C46H42O6/c1-6-7-25-45(47)39-15-11-10-13-34(39)33-12-8-9-14-35(33)42-37-27-40(50-4)41(51-5)28-38(37)44-36(43(42)45)24-26-46(52-44,29-16-20-31(48-2)21-17-29)30-18-22-32(49-3)23-19-30/h8-24,26-28,47H,6-7,25H2,1-5H3. The van der Waals surface area contributed by atoms with E-state index in [1.54, 1.807) is 28.4 Å². The first-order chi connectivity index (χ1) is 25.4. The molecule has 52 heavy (non-hydrogen) atoms. The van der Waals surface area contributed by atoms with Gasteiger partial charge in [-0.1, -0.05) is 98.6 Å². The average molecular weight is 691 g/mol. The summed E-state index contributed by atoms with van der Waals surface area (Å²) in [7, 11) is 6.63. The summed E-state index contributed by atoms with van der Waals surface area (Å²) in [6, 6.07) is 36.7. The van der Waals surface area contributed by atoms with Crippen LogP contribution in [0.2, 0.25) is 0 Å². The Morgan fingerprint density at radius 3 is 1.77 bits per heavy atom. The molecule has 1 aliphatic heterocycles. The fourth-order valence-corrected chi connectivity index (χ4v) is 8.17. The van der Waals surface area contributed by atoms with Gasteiger partial charge in [0.1, 0.15) is 22.8 Å². The van der Waals surface area contributed by atoms with Crippen LogP contribution in [-0.2, 0) is 11.2 Å². The minimum Gasteiger partial charge on any atom is -0.497 e. The molecule has 1 N–H and O–H groups in total. The molecule has 1 heterocycles. The first-order valence-electron chi connectivity index (χ1n) is 17.8. The average Bonchev–Trinajstić information content (AvgIpc) is 3.30. The zero-order valence-corrected chi connectivity index (χ0v) is 30.2. The molecule has 0 fully saturated rings. The fourth-order valence-electron chi connectivity index (χ4n) is 8.17. The molecule has 1 atom stereocenters. The molecule has 0 saturated heterocycles. The van der Waals surface area contributed by atoms with E-state index < -0.39 is 11.2 Å².